The first-order valence-electron chi connectivity index (χ1n) is 8.76. The monoisotopic (exact) mass is 453 g/mol. The van der Waals surface area contributed by atoms with Crippen molar-refractivity contribution >= 4 is 33.2 Å². The summed E-state index contributed by atoms with van der Waals surface area (Å²) in [7, 11) is 0. The second kappa shape index (κ2) is 7.51. The number of carbonyl (C=O) groups is 1. The molecule has 146 valence electrons. The Morgan fingerprint density at radius 2 is 1.72 bits per heavy atom. The van der Waals surface area contributed by atoms with Gasteiger partial charge in [-0.05, 0) is 43.3 Å². The minimum absolute atomic E-state index is 0.0523. The number of fused-ring (bicyclic) bond motifs is 1. The molecule has 9 heteroatoms. The zero-order chi connectivity index (χ0) is 20.5. The Kier molecular flexibility index (Phi) is 4.89. The Balaban J connectivity index is 1.65. The average Bonchev–Trinajstić information content (AvgIpc) is 3.01. The smallest absolute Gasteiger partial charge is 0.324 e. The molecule has 0 bridgehead atoms. The maximum Gasteiger partial charge on any atom is 0.351 e. The fourth-order valence-corrected chi connectivity index (χ4v) is 3.15. The molecule has 0 spiro atoms. The van der Waals surface area contributed by atoms with Crippen LogP contribution in [0.4, 0.5) is 5.69 Å². The number of nitrogens with one attached hydrogen (secondary N) is 1. The highest BCUT2D eigenvalue weighted by molar-refractivity contribution is 9.10. The molecular formula is C20H16BrN5O3. The third-order valence-electron chi connectivity index (χ3n) is 4.38. The maximum atomic E-state index is 12.8. The standard InChI is InChI=1S/C20H16BrN5O3/c1-13-2-6-15(7-3-13)22-17(27)12-26-20(29)25-11-10-24(19(28)18(25)23-26)16-8-4-14(21)5-9-16/h2-11H,12H2,1H3,(H,22,27). The van der Waals surface area contributed by atoms with E-state index in [2.05, 4.69) is 26.3 Å². The molecule has 0 unspecified atom stereocenters. The minimum atomic E-state index is -0.556. The number of hydrogen-bond donors (Lipinski definition) is 1. The van der Waals surface area contributed by atoms with E-state index in [1.54, 1.807) is 24.3 Å². The minimum Gasteiger partial charge on any atom is -0.324 e. The van der Waals surface area contributed by atoms with E-state index < -0.39 is 17.2 Å². The third-order valence-corrected chi connectivity index (χ3v) is 4.91. The molecule has 4 aromatic rings. The van der Waals surface area contributed by atoms with Crippen molar-refractivity contribution < 1.29 is 4.79 Å². The zero-order valence-corrected chi connectivity index (χ0v) is 17.0. The summed E-state index contributed by atoms with van der Waals surface area (Å²) in [5, 5.41) is 6.79. The van der Waals surface area contributed by atoms with Gasteiger partial charge in [0.05, 0.1) is 0 Å². The van der Waals surface area contributed by atoms with E-state index in [1.807, 2.05) is 31.2 Å². The average molecular weight is 454 g/mol. The van der Waals surface area contributed by atoms with Crippen molar-refractivity contribution in [2.45, 2.75) is 13.5 Å². The number of carbonyl (C=O) groups excluding carboxylic acids is 1. The molecule has 1 amide bonds. The summed E-state index contributed by atoms with van der Waals surface area (Å²) in [5.74, 6) is -0.410. The van der Waals surface area contributed by atoms with Crippen molar-refractivity contribution in [3.05, 3.63) is 91.8 Å². The highest BCUT2D eigenvalue weighted by atomic mass is 79.9. The molecule has 0 aliphatic heterocycles. The van der Waals surface area contributed by atoms with Gasteiger partial charge in [-0.1, -0.05) is 33.6 Å². The lowest BCUT2D eigenvalue weighted by Crippen LogP contribution is -2.28. The van der Waals surface area contributed by atoms with Gasteiger partial charge in [0.15, 0.2) is 0 Å². The topological polar surface area (TPSA) is 90.4 Å². The van der Waals surface area contributed by atoms with Gasteiger partial charge in [0.1, 0.15) is 6.54 Å². The number of nitrogens with zero attached hydrogens (tertiary/aromatic N) is 4. The number of benzene rings is 2. The Morgan fingerprint density at radius 1 is 1.03 bits per heavy atom. The normalized spacial score (nSPS) is 11.0. The lowest BCUT2D eigenvalue weighted by atomic mass is 10.2. The first kappa shape index (κ1) is 18.9. The Labute approximate surface area is 173 Å². The predicted molar refractivity (Wildman–Crippen MR) is 113 cm³/mol. The van der Waals surface area contributed by atoms with E-state index in [1.165, 1.54) is 17.0 Å². The van der Waals surface area contributed by atoms with Crippen molar-refractivity contribution in [2.24, 2.45) is 0 Å². The van der Waals surface area contributed by atoms with Crippen molar-refractivity contribution in [1.82, 2.24) is 18.7 Å². The molecule has 2 aromatic heterocycles. The third kappa shape index (κ3) is 3.77. The van der Waals surface area contributed by atoms with Crippen molar-refractivity contribution in [2.75, 3.05) is 5.32 Å². The first-order chi connectivity index (χ1) is 13.9. The van der Waals surface area contributed by atoms with Crippen LogP contribution >= 0.6 is 15.9 Å². The van der Waals surface area contributed by atoms with Crippen molar-refractivity contribution in [3.63, 3.8) is 0 Å². The van der Waals surface area contributed by atoms with Crippen LogP contribution in [0.2, 0.25) is 0 Å². The highest BCUT2D eigenvalue weighted by Gasteiger charge is 2.15. The van der Waals surface area contributed by atoms with Gasteiger partial charge in [0.2, 0.25) is 11.6 Å². The summed E-state index contributed by atoms with van der Waals surface area (Å²) in [6.45, 7) is 1.65. The number of aryl methyl sites for hydroxylation is 1. The molecule has 2 aromatic carbocycles. The highest BCUT2D eigenvalue weighted by Crippen LogP contribution is 2.13. The number of rotatable bonds is 4. The van der Waals surface area contributed by atoms with E-state index in [4.69, 9.17) is 0 Å². The van der Waals surface area contributed by atoms with Gasteiger partial charge >= 0.3 is 11.2 Å². The van der Waals surface area contributed by atoms with E-state index in [-0.39, 0.29) is 12.2 Å². The molecule has 0 aliphatic carbocycles. The molecule has 1 N–H and O–H groups in total. The summed E-state index contributed by atoms with van der Waals surface area (Å²) in [4.78, 5) is 37.6. The van der Waals surface area contributed by atoms with Gasteiger partial charge < -0.3 is 5.32 Å². The van der Waals surface area contributed by atoms with Gasteiger partial charge in [0.25, 0.3) is 0 Å². The Hall–Kier alpha value is -3.46. The number of aromatic nitrogens is 4. The fourth-order valence-electron chi connectivity index (χ4n) is 2.89. The molecule has 0 saturated heterocycles. The van der Waals surface area contributed by atoms with Crippen LogP contribution in [0.3, 0.4) is 0 Å². The van der Waals surface area contributed by atoms with Crippen LogP contribution in [0.15, 0.2) is 75.0 Å². The molecule has 0 aliphatic rings. The Morgan fingerprint density at radius 3 is 2.41 bits per heavy atom. The molecular weight excluding hydrogens is 438 g/mol. The molecule has 29 heavy (non-hydrogen) atoms. The van der Waals surface area contributed by atoms with Gasteiger partial charge in [-0.3, -0.25) is 14.2 Å². The number of anilines is 1. The largest absolute Gasteiger partial charge is 0.351 e. The SMILES string of the molecule is Cc1ccc(NC(=O)Cn2nc3c(=O)n(-c4ccc(Br)cc4)ccn3c2=O)cc1. The quantitative estimate of drug-likeness (QED) is 0.513. The second-order valence-corrected chi connectivity index (χ2v) is 7.41. The summed E-state index contributed by atoms with van der Waals surface area (Å²) >= 11 is 3.35. The molecule has 8 nitrogen and oxygen atoms in total. The van der Waals surface area contributed by atoms with Crippen molar-refractivity contribution in [1.29, 1.82) is 0 Å². The van der Waals surface area contributed by atoms with Crippen LogP contribution in [0.25, 0.3) is 11.3 Å². The van der Waals surface area contributed by atoms with Crippen LogP contribution in [-0.2, 0) is 11.3 Å². The van der Waals surface area contributed by atoms with E-state index in [0.717, 1.165) is 19.1 Å². The van der Waals surface area contributed by atoms with Gasteiger partial charge in [-0.15, -0.1) is 5.10 Å². The lowest BCUT2D eigenvalue weighted by molar-refractivity contribution is -0.117. The number of hydrogen-bond acceptors (Lipinski definition) is 4. The number of amides is 1. The van der Waals surface area contributed by atoms with Gasteiger partial charge in [-0.25, -0.2) is 13.9 Å². The molecule has 2 heterocycles. The molecule has 0 fully saturated rings. The molecule has 4 rings (SSSR count). The second-order valence-electron chi connectivity index (χ2n) is 6.50. The van der Waals surface area contributed by atoms with E-state index in [0.29, 0.717) is 11.4 Å². The van der Waals surface area contributed by atoms with Gasteiger partial charge in [-0.2, -0.15) is 0 Å². The van der Waals surface area contributed by atoms with E-state index in [9.17, 15) is 14.4 Å². The van der Waals surface area contributed by atoms with Gasteiger partial charge in [0, 0.05) is 28.2 Å². The summed E-state index contributed by atoms with van der Waals surface area (Å²) in [6, 6.07) is 14.5. The molecule has 0 radical (unpaired) electrons. The van der Waals surface area contributed by atoms with Crippen LogP contribution in [0.1, 0.15) is 5.56 Å². The summed E-state index contributed by atoms with van der Waals surface area (Å²) in [5.41, 5.74) is 1.27. The lowest BCUT2D eigenvalue weighted by Gasteiger charge is -2.05. The van der Waals surface area contributed by atoms with Crippen LogP contribution in [-0.4, -0.2) is 24.7 Å². The molecule has 0 atom stereocenters. The fraction of sp³-hybridized carbons (Fsp3) is 0.100. The zero-order valence-electron chi connectivity index (χ0n) is 15.4. The van der Waals surface area contributed by atoms with Crippen molar-refractivity contribution in [3.8, 4) is 5.69 Å². The number of halogens is 1. The van der Waals surface area contributed by atoms with Crippen LogP contribution in [0.5, 0.6) is 0 Å². The molecule has 0 saturated carbocycles. The summed E-state index contributed by atoms with van der Waals surface area (Å²) < 4.78 is 4.39. The predicted octanol–water partition coefficient (Wildman–Crippen LogP) is 2.36. The van der Waals surface area contributed by atoms with Crippen LogP contribution in [0, 0.1) is 6.92 Å². The van der Waals surface area contributed by atoms with Crippen LogP contribution < -0.4 is 16.6 Å². The summed E-state index contributed by atoms with van der Waals surface area (Å²) in [6.07, 6.45) is 2.96. The Bertz CT molecular complexity index is 1320. The maximum absolute atomic E-state index is 12.8. The van der Waals surface area contributed by atoms with E-state index >= 15 is 0 Å². The first-order valence-corrected chi connectivity index (χ1v) is 9.55.